The van der Waals surface area contributed by atoms with E-state index >= 15 is 0 Å². The summed E-state index contributed by atoms with van der Waals surface area (Å²) in [7, 11) is 0. The molecule has 0 amide bonds. The van der Waals surface area contributed by atoms with Gasteiger partial charge >= 0.3 is 5.69 Å². The molecular formula is C12H10ClN3O3. The number of aryl methyl sites for hydroxylation is 1. The van der Waals surface area contributed by atoms with Crippen LogP contribution in [0, 0.1) is 24.0 Å². The first kappa shape index (κ1) is 13.2. The molecule has 2 rings (SSSR count). The molecule has 0 fully saturated rings. The number of aromatic nitrogens is 2. The number of hydrogen-bond donors (Lipinski definition) is 0. The zero-order valence-corrected chi connectivity index (χ0v) is 11.0. The number of hydrogen-bond acceptors (Lipinski definition) is 5. The SMILES string of the molecule is Cc1ccc(Oc2ncnc(Cl)c2C)c([N+](=O)[O-])c1. The van der Waals surface area contributed by atoms with E-state index in [1.807, 2.05) is 0 Å². The highest BCUT2D eigenvalue weighted by Crippen LogP contribution is 2.33. The van der Waals surface area contributed by atoms with E-state index in [1.165, 1.54) is 18.5 Å². The predicted molar refractivity (Wildman–Crippen MR) is 69.7 cm³/mol. The lowest BCUT2D eigenvalue weighted by molar-refractivity contribution is -0.385. The van der Waals surface area contributed by atoms with Gasteiger partial charge in [-0.1, -0.05) is 17.7 Å². The molecule has 6 nitrogen and oxygen atoms in total. The number of nitrogens with zero attached hydrogens (tertiary/aromatic N) is 3. The van der Waals surface area contributed by atoms with Gasteiger partial charge in [-0.15, -0.1) is 0 Å². The van der Waals surface area contributed by atoms with Gasteiger partial charge in [0.2, 0.25) is 11.6 Å². The maximum Gasteiger partial charge on any atom is 0.311 e. The van der Waals surface area contributed by atoms with Crippen LogP contribution in [0.2, 0.25) is 5.15 Å². The molecular weight excluding hydrogens is 270 g/mol. The Bertz CT molecular complexity index is 646. The van der Waals surface area contributed by atoms with E-state index in [-0.39, 0.29) is 22.5 Å². The lowest BCUT2D eigenvalue weighted by Crippen LogP contribution is -1.97. The molecule has 0 aliphatic rings. The molecule has 0 saturated carbocycles. The van der Waals surface area contributed by atoms with Crippen LogP contribution < -0.4 is 4.74 Å². The van der Waals surface area contributed by atoms with Gasteiger partial charge in [0.1, 0.15) is 11.5 Å². The van der Waals surface area contributed by atoms with E-state index in [1.54, 1.807) is 19.9 Å². The highest BCUT2D eigenvalue weighted by Gasteiger charge is 2.17. The van der Waals surface area contributed by atoms with Crippen molar-refractivity contribution in [2.75, 3.05) is 0 Å². The summed E-state index contributed by atoms with van der Waals surface area (Å²) in [6, 6.07) is 4.69. The van der Waals surface area contributed by atoms with Gasteiger partial charge < -0.3 is 4.74 Å². The van der Waals surface area contributed by atoms with Crippen LogP contribution in [0.1, 0.15) is 11.1 Å². The van der Waals surface area contributed by atoms with Gasteiger partial charge in [0, 0.05) is 11.6 Å². The second-order valence-electron chi connectivity index (χ2n) is 3.92. The second kappa shape index (κ2) is 5.19. The molecule has 19 heavy (non-hydrogen) atoms. The first-order valence-corrected chi connectivity index (χ1v) is 5.77. The van der Waals surface area contributed by atoms with Gasteiger partial charge in [-0.05, 0) is 25.5 Å². The first-order valence-electron chi connectivity index (χ1n) is 5.39. The molecule has 98 valence electrons. The Hall–Kier alpha value is -2.21. The maximum absolute atomic E-state index is 11.0. The minimum Gasteiger partial charge on any atom is -0.431 e. The van der Waals surface area contributed by atoms with Gasteiger partial charge in [0.25, 0.3) is 0 Å². The summed E-state index contributed by atoms with van der Waals surface area (Å²) >= 11 is 5.84. The van der Waals surface area contributed by atoms with E-state index in [0.717, 1.165) is 5.56 Å². The summed E-state index contributed by atoms with van der Waals surface area (Å²) in [5.74, 6) is 0.320. The second-order valence-corrected chi connectivity index (χ2v) is 4.28. The van der Waals surface area contributed by atoms with Crippen molar-refractivity contribution in [1.29, 1.82) is 0 Å². The quantitative estimate of drug-likeness (QED) is 0.488. The molecule has 1 aromatic heterocycles. The average molecular weight is 280 g/mol. The molecule has 1 aromatic carbocycles. The van der Waals surface area contributed by atoms with Crippen LogP contribution in [0.3, 0.4) is 0 Å². The number of halogens is 1. The Balaban J connectivity index is 2.44. The monoisotopic (exact) mass is 279 g/mol. The fraction of sp³-hybridized carbons (Fsp3) is 0.167. The molecule has 1 heterocycles. The zero-order chi connectivity index (χ0) is 14.0. The van der Waals surface area contributed by atoms with Crippen LogP contribution >= 0.6 is 11.6 Å². The third-order valence-corrected chi connectivity index (χ3v) is 2.88. The van der Waals surface area contributed by atoms with E-state index in [4.69, 9.17) is 16.3 Å². The van der Waals surface area contributed by atoms with Gasteiger partial charge in [0.15, 0.2) is 0 Å². The average Bonchev–Trinajstić information content (AvgIpc) is 2.36. The van der Waals surface area contributed by atoms with Crippen molar-refractivity contribution in [3.8, 4) is 11.6 Å². The van der Waals surface area contributed by atoms with Gasteiger partial charge in [-0.25, -0.2) is 9.97 Å². The molecule has 0 aliphatic heterocycles. The predicted octanol–water partition coefficient (Wildman–Crippen LogP) is 3.45. The van der Waals surface area contributed by atoms with Crippen molar-refractivity contribution in [2.24, 2.45) is 0 Å². The van der Waals surface area contributed by atoms with Gasteiger partial charge in [0.05, 0.1) is 4.92 Å². The third kappa shape index (κ3) is 2.79. The van der Waals surface area contributed by atoms with Crippen molar-refractivity contribution in [2.45, 2.75) is 13.8 Å². The Kier molecular flexibility index (Phi) is 3.62. The Morgan fingerprint density at radius 2 is 2.05 bits per heavy atom. The lowest BCUT2D eigenvalue weighted by atomic mass is 10.2. The van der Waals surface area contributed by atoms with Crippen molar-refractivity contribution in [3.63, 3.8) is 0 Å². The van der Waals surface area contributed by atoms with Crippen LogP contribution in [-0.2, 0) is 0 Å². The summed E-state index contributed by atoms with van der Waals surface area (Å²) < 4.78 is 5.46. The van der Waals surface area contributed by atoms with Crippen LogP contribution in [0.15, 0.2) is 24.5 Å². The van der Waals surface area contributed by atoms with Crippen molar-refractivity contribution in [3.05, 3.63) is 50.9 Å². The maximum atomic E-state index is 11.0. The highest BCUT2D eigenvalue weighted by molar-refractivity contribution is 6.30. The summed E-state index contributed by atoms with van der Waals surface area (Å²) in [5.41, 5.74) is 1.18. The third-order valence-electron chi connectivity index (χ3n) is 2.49. The van der Waals surface area contributed by atoms with E-state index in [2.05, 4.69) is 9.97 Å². The van der Waals surface area contributed by atoms with Crippen LogP contribution in [0.4, 0.5) is 5.69 Å². The van der Waals surface area contributed by atoms with Crippen LogP contribution in [0.5, 0.6) is 11.6 Å². The van der Waals surface area contributed by atoms with E-state index in [0.29, 0.717) is 5.56 Å². The fourth-order valence-corrected chi connectivity index (χ4v) is 1.60. The lowest BCUT2D eigenvalue weighted by Gasteiger charge is -2.08. The zero-order valence-electron chi connectivity index (χ0n) is 10.3. The number of benzene rings is 1. The van der Waals surface area contributed by atoms with Crippen LogP contribution in [0.25, 0.3) is 0 Å². The molecule has 0 saturated heterocycles. The Morgan fingerprint density at radius 3 is 2.74 bits per heavy atom. The molecule has 0 atom stereocenters. The molecule has 0 spiro atoms. The smallest absolute Gasteiger partial charge is 0.311 e. The van der Waals surface area contributed by atoms with E-state index < -0.39 is 4.92 Å². The molecule has 0 unspecified atom stereocenters. The van der Waals surface area contributed by atoms with E-state index in [9.17, 15) is 10.1 Å². The van der Waals surface area contributed by atoms with Gasteiger partial charge in [-0.2, -0.15) is 0 Å². The Morgan fingerprint density at radius 1 is 1.32 bits per heavy atom. The van der Waals surface area contributed by atoms with Crippen molar-refractivity contribution in [1.82, 2.24) is 9.97 Å². The highest BCUT2D eigenvalue weighted by atomic mass is 35.5. The molecule has 0 N–H and O–H groups in total. The standard InChI is InChI=1S/C12H10ClN3O3/c1-7-3-4-10(9(5-7)16(17)18)19-12-8(2)11(13)14-6-15-12/h3-6H,1-2H3. The van der Waals surface area contributed by atoms with Crippen molar-refractivity contribution >= 4 is 17.3 Å². The van der Waals surface area contributed by atoms with Gasteiger partial charge in [-0.3, -0.25) is 10.1 Å². The summed E-state index contributed by atoms with van der Waals surface area (Å²) in [4.78, 5) is 18.2. The molecule has 0 bridgehead atoms. The fourth-order valence-electron chi connectivity index (χ4n) is 1.48. The minimum atomic E-state index is -0.500. The number of ether oxygens (including phenoxy) is 1. The summed E-state index contributed by atoms with van der Waals surface area (Å²) in [5, 5.41) is 11.2. The molecule has 2 aromatic rings. The first-order chi connectivity index (χ1) is 8.99. The largest absolute Gasteiger partial charge is 0.431 e. The van der Waals surface area contributed by atoms with Crippen molar-refractivity contribution < 1.29 is 9.66 Å². The normalized spacial score (nSPS) is 10.3. The Labute approximate surface area is 114 Å². The summed E-state index contributed by atoms with van der Waals surface area (Å²) in [6.45, 7) is 3.45. The molecule has 0 aliphatic carbocycles. The minimum absolute atomic E-state index is 0.117. The molecule has 0 radical (unpaired) electrons. The summed E-state index contributed by atoms with van der Waals surface area (Å²) in [6.07, 6.45) is 1.24. The number of rotatable bonds is 3. The number of nitro benzene ring substituents is 1. The van der Waals surface area contributed by atoms with Crippen LogP contribution in [-0.4, -0.2) is 14.9 Å². The topological polar surface area (TPSA) is 78.2 Å². The molecule has 7 heteroatoms. The number of nitro groups is 1.